The molecule has 0 bridgehead atoms. The molecular formula is C21H22N4O3. The molecule has 0 unspecified atom stereocenters. The predicted octanol–water partition coefficient (Wildman–Crippen LogP) is 2.55. The highest BCUT2D eigenvalue weighted by Gasteiger charge is 2.20. The molecule has 0 fully saturated rings. The minimum Gasteiger partial charge on any atom is -0.501 e. The van der Waals surface area contributed by atoms with Crippen LogP contribution in [0.2, 0.25) is 0 Å². The van der Waals surface area contributed by atoms with E-state index in [4.69, 9.17) is 0 Å². The average molecular weight is 378 g/mol. The molecule has 0 saturated carbocycles. The first-order valence-corrected chi connectivity index (χ1v) is 8.80. The third kappa shape index (κ3) is 4.63. The molecule has 3 N–H and O–H groups in total. The van der Waals surface area contributed by atoms with Gasteiger partial charge in [-0.05, 0) is 31.3 Å². The lowest BCUT2D eigenvalue weighted by Gasteiger charge is -2.12. The summed E-state index contributed by atoms with van der Waals surface area (Å²) in [6.07, 6.45) is 0. The van der Waals surface area contributed by atoms with Crippen LogP contribution < -0.4 is 5.32 Å². The summed E-state index contributed by atoms with van der Waals surface area (Å²) in [5, 5.41) is 22.8. The summed E-state index contributed by atoms with van der Waals surface area (Å²) in [7, 11) is 3.93. The van der Waals surface area contributed by atoms with Crippen molar-refractivity contribution in [2.24, 2.45) is 0 Å². The average Bonchev–Trinajstić information content (AvgIpc) is 2.68. The van der Waals surface area contributed by atoms with Gasteiger partial charge in [0.15, 0.2) is 11.5 Å². The van der Waals surface area contributed by atoms with Crippen LogP contribution in [0.4, 0.5) is 0 Å². The highest BCUT2D eigenvalue weighted by atomic mass is 16.3. The molecule has 0 radical (unpaired) electrons. The molecule has 0 aliphatic rings. The van der Waals surface area contributed by atoms with Crippen LogP contribution in [-0.4, -0.2) is 45.1 Å². The number of rotatable bonds is 6. The lowest BCUT2D eigenvalue weighted by Crippen LogP contribution is -2.24. The zero-order valence-corrected chi connectivity index (χ0v) is 15.8. The Balaban J connectivity index is 1.87. The number of aromatic hydroxyl groups is 2. The van der Waals surface area contributed by atoms with Crippen molar-refractivity contribution in [3.05, 3.63) is 71.4 Å². The van der Waals surface area contributed by atoms with Gasteiger partial charge in [0.2, 0.25) is 5.75 Å². The number of benzene rings is 2. The first kappa shape index (κ1) is 19.3. The van der Waals surface area contributed by atoms with E-state index in [0.29, 0.717) is 5.56 Å². The fraction of sp³-hybridized carbons (Fsp3) is 0.190. The molecule has 2 aromatic carbocycles. The second-order valence-electron chi connectivity index (χ2n) is 6.67. The van der Waals surface area contributed by atoms with Gasteiger partial charge in [-0.25, -0.2) is 4.98 Å². The third-order valence-corrected chi connectivity index (χ3v) is 4.06. The Morgan fingerprint density at radius 3 is 2.43 bits per heavy atom. The summed E-state index contributed by atoms with van der Waals surface area (Å²) in [5.41, 5.74) is 2.32. The second kappa shape index (κ2) is 8.49. The molecule has 28 heavy (non-hydrogen) atoms. The fourth-order valence-corrected chi connectivity index (χ4v) is 2.77. The maximum absolute atomic E-state index is 12.5. The quantitative estimate of drug-likeness (QED) is 0.610. The molecule has 0 aliphatic carbocycles. The highest BCUT2D eigenvalue weighted by molar-refractivity contribution is 5.95. The summed E-state index contributed by atoms with van der Waals surface area (Å²) in [5.74, 6) is -1.70. The smallest absolute Gasteiger partial charge is 0.274 e. The van der Waals surface area contributed by atoms with Gasteiger partial charge in [0.25, 0.3) is 11.8 Å². The van der Waals surface area contributed by atoms with E-state index in [9.17, 15) is 15.0 Å². The molecule has 7 nitrogen and oxygen atoms in total. The minimum atomic E-state index is -0.640. The lowest BCUT2D eigenvalue weighted by molar-refractivity contribution is 0.0942. The molecule has 3 aromatic rings. The second-order valence-corrected chi connectivity index (χ2v) is 6.67. The van der Waals surface area contributed by atoms with Gasteiger partial charge in [0.1, 0.15) is 0 Å². The van der Waals surface area contributed by atoms with E-state index in [1.807, 2.05) is 67.5 Å². The van der Waals surface area contributed by atoms with Crippen molar-refractivity contribution in [1.82, 2.24) is 20.2 Å². The number of carbonyl (C=O) groups is 1. The van der Waals surface area contributed by atoms with Gasteiger partial charge in [0, 0.05) is 18.7 Å². The SMILES string of the molecule is CN(C)Cc1cccc(-c2nc(O)c(O)c(C(=O)NCc3ccccc3)n2)c1. The van der Waals surface area contributed by atoms with E-state index in [2.05, 4.69) is 15.3 Å². The normalized spacial score (nSPS) is 10.8. The fourth-order valence-electron chi connectivity index (χ4n) is 2.77. The van der Waals surface area contributed by atoms with Gasteiger partial charge in [-0.3, -0.25) is 4.79 Å². The van der Waals surface area contributed by atoms with Gasteiger partial charge < -0.3 is 20.4 Å². The van der Waals surface area contributed by atoms with Gasteiger partial charge in [-0.2, -0.15) is 4.98 Å². The topological polar surface area (TPSA) is 98.6 Å². The van der Waals surface area contributed by atoms with E-state index in [-0.39, 0.29) is 18.1 Å². The molecular weight excluding hydrogens is 356 g/mol. The molecule has 1 amide bonds. The number of nitrogens with one attached hydrogen (secondary N) is 1. The first-order chi connectivity index (χ1) is 13.4. The maximum Gasteiger partial charge on any atom is 0.274 e. The number of aromatic nitrogens is 2. The first-order valence-electron chi connectivity index (χ1n) is 8.80. The molecule has 0 spiro atoms. The molecule has 3 rings (SSSR count). The van der Waals surface area contributed by atoms with Crippen molar-refractivity contribution in [3.8, 4) is 23.0 Å². The van der Waals surface area contributed by atoms with Crippen molar-refractivity contribution in [3.63, 3.8) is 0 Å². The summed E-state index contributed by atoms with van der Waals surface area (Å²) < 4.78 is 0. The van der Waals surface area contributed by atoms with Gasteiger partial charge >= 0.3 is 0 Å². The van der Waals surface area contributed by atoms with Crippen LogP contribution in [0.1, 0.15) is 21.6 Å². The number of carbonyl (C=O) groups excluding carboxylic acids is 1. The van der Waals surface area contributed by atoms with Crippen LogP contribution in [0, 0.1) is 0 Å². The number of hydrogen-bond acceptors (Lipinski definition) is 6. The zero-order chi connectivity index (χ0) is 20.1. The Morgan fingerprint density at radius 2 is 1.71 bits per heavy atom. The summed E-state index contributed by atoms with van der Waals surface area (Å²) in [6.45, 7) is 1.000. The van der Waals surface area contributed by atoms with Crippen molar-refractivity contribution < 1.29 is 15.0 Å². The Morgan fingerprint density at radius 1 is 1.00 bits per heavy atom. The summed E-state index contributed by atoms with van der Waals surface area (Å²) in [4.78, 5) is 22.6. The monoisotopic (exact) mass is 378 g/mol. The number of hydrogen-bond donors (Lipinski definition) is 3. The maximum atomic E-state index is 12.5. The molecule has 1 heterocycles. The standard InChI is InChI=1S/C21H22N4O3/c1-25(2)13-15-9-6-10-16(11-15)19-23-17(18(26)21(28)24-19)20(27)22-12-14-7-4-3-5-8-14/h3-11,26H,12-13H2,1-2H3,(H,22,27)(H,23,24,28). The molecule has 144 valence electrons. The van der Waals surface area contributed by atoms with Crippen LogP contribution in [0.25, 0.3) is 11.4 Å². The molecule has 1 aromatic heterocycles. The van der Waals surface area contributed by atoms with Crippen molar-refractivity contribution in [1.29, 1.82) is 0 Å². The van der Waals surface area contributed by atoms with Crippen LogP contribution in [0.15, 0.2) is 54.6 Å². The lowest BCUT2D eigenvalue weighted by atomic mass is 10.1. The predicted molar refractivity (Wildman–Crippen MR) is 106 cm³/mol. The van der Waals surface area contributed by atoms with E-state index in [0.717, 1.165) is 17.7 Å². The molecule has 0 atom stereocenters. The van der Waals surface area contributed by atoms with Gasteiger partial charge in [0.05, 0.1) is 0 Å². The summed E-state index contributed by atoms with van der Waals surface area (Å²) >= 11 is 0. The Hall–Kier alpha value is -3.45. The third-order valence-electron chi connectivity index (χ3n) is 4.06. The van der Waals surface area contributed by atoms with Crippen LogP contribution >= 0.6 is 0 Å². The Labute approximate surface area is 163 Å². The van der Waals surface area contributed by atoms with Crippen molar-refractivity contribution in [2.45, 2.75) is 13.1 Å². The van der Waals surface area contributed by atoms with E-state index < -0.39 is 17.5 Å². The van der Waals surface area contributed by atoms with Crippen LogP contribution in [0.3, 0.4) is 0 Å². The zero-order valence-electron chi connectivity index (χ0n) is 15.8. The minimum absolute atomic E-state index is 0.167. The largest absolute Gasteiger partial charge is 0.501 e. The molecule has 7 heteroatoms. The Kier molecular flexibility index (Phi) is 5.86. The van der Waals surface area contributed by atoms with Gasteiger partial charge in [-0.15, -0.1) is 0 Å². The summed E-state index contributed by atoms with van der Waals surface area (Å²) in [6, 6.07) is 16.9. The van der Waals surface area contributed by atoms with Gasteiger partial charge in [-0.1, -0.05) is 48.5 Å². The Bertz CT molecular complexity index is 975. The highest BCUT2D eigenvalue weighted by Crippen LogP contribution is 2.29. The van der Waals surface area contributed by atoms with E-state index in [1.165, 1.54) is 0 Å². The van der Waals surface area contributed by atoms with E-state index >= 15 is 0 Å². The molecule has 0 aliphatic heterocycles. The van der Waals surface area contributed by atoms with Crippen LogP contribution in [0.5, 0.6) is 11.6 Å². The van der Waals surface area contributed by atoms with E-state index in [1.54, 1.807) is 6.07 Å². The number of nitrogens with zero attached hydrogens (tertiary/aromatic N) is 3. The van der Waals surface area contributed by atoms with Crippen LogP contribution in [-0.2, 0) is 13.1 Å². The van der Waals surface area contributed by atoms with Crippen molar-refractivity contribution in [2.75, 3.05) is 14.1 Å². The molecule has 0 saturated heterocycles. The number of amides is 1. The van der Waals surface area contributed by atoms with Crippen molar-refractivity contribution >= 4 is 5.91 Å².